The Kier molecular flexibility index (Phi) is 5.90. The lowest BCUT2D eigenvalue weighted by molar-refractivity contribution is -0.119. The van der Waals surface area contributed by atoms with Crippen molar-refractivity contribution in [2.45, 2.75) is 26.2 Å². The summed E-state index contributed by atoms with van der Waals surface area (Å²) in [5.74, 6) is -1.01. The van der Waals surface area contributed by atoms with Gasteiger partial charge < -0.3 is 10.1 Å². The molecular formula is C22H22N2O3S. The van der Waals surface area contributed by atoms with E-state index in [1.165, 1.54) is 16.9 Å². The first-order chi connectivity index (χ1) is 13.3. The number of aromatic nitrogens is 1. The van der Waals surface area contributed by atoms with Crippen LogP contribution in [0, 0.1) is 0 Å². The second-order valence-corrected chi connectivity index (χ2v) is 8.21. The molecule has 1 amide bonds. The minimum absolute atomic E-state index is 0.0458. The van der Waals surface area contributed by atoms with Crippen LogP contribution in [0.2, 0.25) is 0 Å². The van der Waals surface area contributed by atoms with Gasteiger partial charge in [-0.05, 0) is 23.1 Å². The van der Waals surface area contributed by atoms with Crippen LogP contribution in [0.3, 0.4) is 0 Å². The van der Waals surface area contributed by atoms with Crippen molar-refractivity contribution in [1.29, 1.82) is 0 Å². The summed E-state index contributed by atoms with van der Waals surface area (Å²) in [6.45, 7) is 6.02. The lowest BCUT2D eigenvalue weighted by Gasteiger charge is -2.19. The molecule has 1 N–H and O–H groups in total. The lowest BCUT2D eigenvalue weighted by Crippen LogP contribution is -2.21. The molecule has 3 aromatic rings. The SMILES string of the molecule is CC(C)(C)c1ccc(NC(=O)COC(=O)c2csc(-c3ccccc3)n2)cc1. The van der Waals surface area contributed by atoms with Crippen molar-refractivity contribution < 1.29 is 14.3 Å². The van der Waals surface area contributed by atoms with E-state index in [4.69, 9.17) is 4.74 Å². The minimum atomic E-state index is -0.614. The Hall–Kier alpha value is -2.99. The van der Waals surface area contributed by atoms with Gasteiger partial charge in [-0.1, -0.05) is 63.2 Å². The van der Waals surface area contributed by atoms with Gasteiger partial charge in [0.2, 0.25) is 0 Å². The number of hydrogen-bond acceptors (Lipinski definition) is 5. The molecule has 0 fully saturated rings. The zero-order valence-corrected chi connectivity index (χ0v) is 16.9. The average Bonchev–Trinajstić information content (AvgIpc) is 3.17. The maximum atomic E-state index is 12.1. The summed E-state index contributed by atoms with van der Waals surface area (Å²) in [6, 6.07) is 17.2. The van der Waals surface area contributed by atoms with Gasteiger partial charge in [-0.25, -0.2) is 9.78 Å². The molecule has 0 aliphatic heterocycles. The fourth-order valence-corrected chi connectivity index (χ4v) is 3.33. The molecule has 0 atom stereocenters. The maximum Gasteiger partial charge on any atom is 0.358 e. The summed E-state index contributed by atoms with van der Waals surface area (Å²) in [5, 5.41) is 5.09. The summed E-state index contributed by atoms with van der Waals surface area (Å²) in [6.07, 6.45) is 0. The Morgan fingerprint density at radius 3 is 2.36 bits per heavy atom. The fraction of sp³-hybridized carbons (Fsp3) is 0.227. The van der Waals surface area contributed by atoms with Crippen molar-refractivity contribution in [2.24, 2.45) is 0 Å². The zero-order chi connectivity index (χ0) is 20.1. The number of rotatable bonds is 5. The van der Waals surface area contributed by atoms with Crippen molar-refractivity contribution in [1.82, 2.24) is 4.98 Å². The van der Waals surface area contributed by atoms with Crippen molar-refractivity contribution in [3.63, 3.8) is 0 Å². The topological polar surface area (TPSA) is 68.3 Å². The van der Waals surface area contributed by atoms with Gasteiger partial charge in [0.1, 0.15) is 5.01 Å². The van der Waals surface area contributed by atoms with E-state index in [-0.39, 0.29) is 17.7 Å². The predicted octanol–water partition coefficient (Wildman–Crippen LogP) is 4.90. The number of carbonyl (C=O) groups is 2. The number of amides is 1. The number of hydrogen-bond donors (Lipinski definition) is 1. The summed E-state index contributed by atoms with van der Waals surface area (Å²) in [4.78, 5) is 28.5. The highest BCUT2D eigenvalue weighted by Crippen LogP contribution is 2.24. The van der Waals surface area contributed by atoms with Gasteiger partial charge >= 0.3 is 5.97 Å². The van der Waals surface area contributed by atoms with Crippen LogP contribution in [0.5, 0.6) is 0 Å². The highest BCUT2D eigenvalue weighted by molar-refractivity contribution is 7.13. The molecule has 5 nitrogen and oxygen atoms in total. The summed E-state index contributed by atoms with van der Waals surface area (Å²) in [7, 11) is 0. The van der Waals surface area contributed by atoms with Crippen LogP contribution in [-0.4, -0.2) is 23.5 Å². The van der Waals surface area contributed by atoms with E-state index in [0.29, 0.717) is 5.69 Å². The number of esters is 1. The number of thiazole rings is 1. The molecule has 0 saturated heterocycles. The van der Waals surface area contributed by atoms with Gasteiger partial charge in [-0.3, -0.25) is 4.79 Å². The van der Waals surface area contributed by atoms with Crippen molar-refractivity contribution in [3.8, 4) is 10.6 Å². The molecule has 28 heavy (non-hydrogen) atoms. The van der Waals surface area contributed by atoms with Crippen LogP contribution in [-0.2, 0) is 14.9 Å². The highest BCUT2D eigenvalue weighted by atomic mass is 32.1. The van der Waals surface area contributed by atoms with Gasteiger partial charge in [0.15, 0.2) is 12.3 Å². The smallest absolute Gasteiger partial charge is 0.358 e. The number of nitrogens with one attached hydrogen (secondary N) is 1. The van der Waals surface area contributed by atoms with Gasteiger partial charge in [0.25, 0.3) is 5.91 Å². The monoisotopic (exact) mass is 394 g/mol. The quantitative estimate of drug-likeness (QED) is 0.625. The largest absolute Gasteiger partial charge is 0.451 e. The van der Waals surface area contributed by atoms with Gasteiger partial charge in [0, 0.05) is 16.6 Å². The van der Waals surface area contributed by atoms with E-state index < -0.39 is 11.9 Å². The Bertz CT molecular complexity index is 957. The standard InChI is InChI=1S/C22H22N2O3S/c1-22(2,3)16-9-11-17(12-10-16)23-19(25)13-27-21(26)18-14-28-20(24-18)15-7-5-4-6-8-15/h4-12,14H,13H2,1-3H3,(H,23,25). The Balaban J connectivity index is 1.53. The predicted molar refractivity (Wildman–Crippen MR) is 112 cm³/mol. The number of nitrogens with zero attached hydrogens (tertiary/aromatic N) is 1. The van der Waals surface area contributed by atoms with E-state index in [2.05, 4.69) is 31.1 Å². The second kappa shape index (κ2) is 8.35. The van der Waals surface area contributed by atoms with E-state index in [0.717, 1.165) is 10.6 Å². The molecule has 144 valence electrons. The molecule has 1 aromatic heterocycles. The van der Waals surface area contributed by atoms with Crippen LogP contribution < -0.4 is 5.32 Å². The molecule has 6 heteroatoms. The van der Waals surface area contributed by atoms with Crippen LogP contribution >= 0.6 is 11.3 Å². The highest BCUT2D eigenvalue weighted by Gasteiger charge is 2.16. The van der Waals surface area contributed by atoms with Crippen LogP contribution in [0.25, 0.3) is 10.6 Å². The van der Waals surface area contributed by atoms with Gasteiger partial charge in [0.05, 0.1) is 0 Å². The zero-order valence-electron chi connectivity index (χ0n) is 16.1. The first-order valence-corrected chi connectivity index (χ1v) is 9.79. The number of ether oxygens (including phenoxy) is 1. The van der Waals surface area contributed by atoms with E-state index in [1.54, 1.807) is 5.38 Å². The molecule has 1 heterocycles. The first-order valence-electron chi connectivity index (χ1n) is 8.91. The first kappa shape index (κ1) is 19.8. The summed E-state index contributed by atoms with van der Waals surface area (Å²) >= 11 is 1.36. The third-order valence-corrected chi connectivity index (χ3v) is 4.99. The van der Waals surface area contributed by atoms with Crippen LogP contribution in [0.15, 0.2) is 60.0 Å². The lowest BCUT2D eigenvalue weighted by atomic mass is 9.87. The number of anilines is 1. The number of carbonyl (C=O) groups excluding carboxylic acids is 2. The molecule has 0 saturated carbocycles. The van der Waals surface area contributed by atoms with Gasteiger partial charge in [-0.2, -0.15) is 0 Å². The Labute approximate surface area is 168 Å². The molecule has 0 aliphatic rings. The van der Waals surface area contributed by atoms with E-state index in [1.807, 2.05) is 54.6 Å². The van der Waals surface area contributed by atoms with Crippen molar-refractivity contribution in [3.05, 3.63) is 71.2 Å². The molecule has 0 bridgehead atoms. The van der Waals surface area contributed by atoms with Crippen molar-refractivity contribution in [2.75, 3.05) is 11.9 Å². The van der Waals surface area contributed by atoms with E-state index in [9.17, 15) is 9.59 Å². The van der Waals surface area contributed by atoms with Crippen LogP contribution in [0.1, 0.15) is 36.8 Å². The molecule has 0 unspecified atom stereocenters. The fourth-order valence-electron chi connectivity index (χ4n) is 2.54. The van der Waals surface area contributed by atoms with E-state index >= 15 is 0 Å². The molecule has 2 aromatic carbocycles. The normalized spacial score (nSPS) is 11.1. The average molecular weight is 394 g/mol. The number of benzene rings is 2. The maximum absolute atomic E-state index is 12.1. The molecular weight excluding hydrogens is 372 g/mol. The molecule has 0 aliphatic carbocycles. The van der Waals surface area contributed by atoms with Gasteiger partial charge in [-0.15, -0.1) is 11.3 Å². The van der Waals surface area contributed by atoms with Crippen molar-refractivity contribution >= 4 is 28.9 Å². The van der Waals surface area contributed by atoms with Crippen LogP contribution in [0.4, 0.5) is 5.69 Å². The Morgan fingerprint density at radius 2 is 1.71 bits per heavy atom. The third kappa shape index (κ3) is 5.04. The Morgan fingerprint density at radius 1 is 1.04 bits per heavy atom. The summed E-state index contributed by atoms with van der Waals surface area (Å²) < 4.78 is 5.08. The molecule has 0 radical (unpaired) electrons. The summed E-state index contributed by atoms with van der Waals surface area (Å²) in [5.41, 5.74) is 3.02. The second-order valence-electron chi connectivity index (χ2n) is 7.36. The third-order valence-electron chi connectivity index (χ3n) is 4.10. The minimum Gasteiger partial charge on any atom is -0.451 e. The molecule has 3 rings (SSSR count). The molecule has 0 spiro atoms.